The van der Waals surface area contributed by atoms with Gasteiger partial charge in [0.2, 0.25) is 0 Å². The van der Waals surface area contributed by atoms with Gasteiger partial charge in [-0.25, -0.2) is 0 Å². The topological polar surface area (TPSA) is 35.2 Å². The zero-order valence-electron chi connectivity index (χ0n) is 7.78. The highest BCUT2D eigenvalue weighted by Crippen LogP contribution is 2.24. The van der Waals surface area contributed by atoms with Crippen LogP contribution in [0.25, 0.3) is 0 Å². The Kier molecular flexibility index (Phi) is 3.71. The molecule has 0 spiro atoms. The average molecular weight is 195 g/mol. The van der Waals surface area contributed by atoms with Crippen LogP contribution in [-0.2, 0) is 0 Å². The molecule has 0 aliphatic carbocycles. The van der Waals surface area contributed by atoms with Crippen molar-refractivity contribution in [2.45, 2.75) is 11.8 Å². The van der Waals surface area contributed by atoms with Crippen LogP contribution >= 0.6 is 11.8 Å². The number of hydrogen-bond acceptors (Lipinski definition) is 3. The van der Waals surface area contributed by atoms with Crippen molar-refractivity contribution in [1.29, 1.82) is 0 Å². The third-order valence-corrected chi connectivity index (χ3v) is 2.56. The fourth-order valence-corrected chi connectivity index (χ4v) is 1.50. The Labute approximate surface area is 82.8 Å². The third-order valence-electron chi connectivity index (χ3n) is 1.58. The second-order valence-electron chi connectivity index (χ2n) is 2.47. The van der Waals surface area contributed by atoms with E-state index in [1.807, 2.05) is 37.3 Å². The van der Waals surface area contributed by atoms with Crippen LogP contribution in [0, 0.1) is 0 Å². The van der Waals surface area contributed by atoms with Crippen LogP contribution in [0.2, 0.25) is 0 Å². The van der Waals surface area contributed by atoms with E-state index >= 15 is 0 Å². The second kappa shape index (κ2) is 4.82. The largest absolute Gasteiger partial charge is 0.497 e. The summed E-state index contributed by atoms with van der Waals surface area (Å²) in [5, 5.41) is 0.810. The molecule has 0 aromatic heterocycles. The molecule has 0 radical (unpaired) electrons. The lowest BCUT2D eigenvalue weighted by atomic mass is 10.3. The second-order valence-corrected chi connectivity index (χ2v) is 3.62. The maximum atomic E-state index is 5.67. The van der Waals surface area contributed by atoms with Crippen molar-refractivity contribution < 1.29 is 4.74 Å². The van der Waals surface area contributed by atoms with Gasteiger partial charge in [-0.2, -0.15) is 0 Å². The van der Waals surface area contributed by atoms with E-state index in [2.05, 4.69) is 0 Å². The van der Waals surface area contributed by atoms with E-state index in [-0.39, 0.29) is 0 Å². The van der Waals surface area contributed by atoms with Crippen molar-refractivity contribution >= 4 is 11.8 Å². The average Bonchev–Trinajstić information content (AvgIpc) is 2.19. The number of rotatable bonds is 3. The molecule has 2 N–H and O–H groups in total. The first kappa shape index (κ1) is 9.99. The number of thioether (sulfide) groups is 1. The Morgan fingerprint density at radius 3 is 2.46 bits per heavy atom. The minimum absolute atomic E-state index is 0.810. The molecule has 1 aromatic carbocycles. The Morgan fingerprint density at radius 2 is 2.00 bits per heavy atom. The molecule has 0 aliphatic heterocycles. The highest BCUT2D eigenvalue weighted by molar-refractivity contribution is 8.03. The minimum atomic E-state index is 0.810. The van der Waals surface area contributed by atoms with E-state index in [0.717, 1.165) is 15.7 Å². The van der Waals surface area contributed by atoms with Crippen LogP contribution in [0.4, 0.5) is 0 Å². The van der Waals surface area contributed by atoms with E-state index in [1.165, 1.54) is 0 Å². The van der Waals surface area contributed by atoms with Crippen molar-refractivity contribution in [1.82, 2.24) is 0 Å². The Bertz CT molecular complexity index is 292. The summed E-state index contributed by atoms with van der Waals surface area (Å²) in [6.45, 7) is 1.92. The molecule has 1 rings (SSSR count). The first-order valence-corrected chi connectivity index (χ1v) is 4.81. The molecule has 0 heterocycles. The standard InChI is InChI=1S/C10H13NOS/c1-3-10(11)13-9-6-4-8(12-2)5-7-9/h3-7H,11H2,1-2H3/b10-3+. The van der Waals surface area contributed by atoms with Crippen molar-refractivity contribution in [3.05, 3.63) is 35.4 Å². The molecule has 0 saturated carbocycles. The van der Waals surface area contributed by atoms with Crippen LogP contribution in [0.15, 0.2) is 40.3 Å². The Balaban J connectivity index is 2.69. The van der Waals surface area contributed by atoms with Crippen molar-refractivity contribution in [3.8, 4) is 5.75 Å². The highest BCUT2D eigenvalue weighted by Gasteiger charge is 1.95. The smallest absolute Gasteiger partial charge is 0.118 e. The fraction of sp³-hybridized carbons (Fsp3) is 0.200. The minimum Gasteiger partial charge on any atom is -0.497 e. The third kappa shape index (κ3) is 3.03. The van der Waals surface area contributed by atoms with Gasteiger partial charge in [-0.15, -0.1) is 0 Å². The highest BCUT2D eigenvalue weighted by atomic mass is 32.2. The maximum absolute atomic E-state index is 5.67. The summed E-state index contributed by atoms with van der Waals surface area (Å²) in [4.78, 5) is 1.12. The number of allylic oxidation sites excluding steroid dienone is 1. The number of benzene rings is 1. The van der Waals surface area contributed by atoms with Gasteiger partial charge in [0, 0.05) is 4.90 Å². The van der Waals surface area contributed by atoms with Gasteiger partial charge in [-0.3, -0.25) is 0 Å². The zero-order valence-corrected chi connectivity index (χ0v) is 8.60. The molecule has 0 fully saturated rings. The summed E-state index contributed by atoms with van der Waals surface area (Å²) in [6.07, 6.45) is 1.88. The predicted octanol–water partition coefficient (Wildman–Crippen LogP) is 2.61. The lowest BCUT2D eigenvalue weighted by Gasteiger charge is -2.02. The fourth-order valence-electron chi connectivity index (χ4n) is 0.839. The molecule has 3 heteroatoms. The lowest BCUT2D eigenvalue weighted by molar-refractivity contribution is 0.414. The normalized spacial score (nSPS) is 11.4. The molecular weight excluding hydrogens is 182 g/mol. The molecule has 0 saturated heterocycles. The van der Waals surface area contributed by atoms with Gasteiger partial charge in [0.15, 0.2) is 0 Å². The van der Waals surface area contributed by atoms with Crippen LogP contribution in [0.1, 0.15) is 6.92 Å². The van der Waals surface area contributed by atoms with E-state index in [1.54, 1.807) is 18.9 Å². The van der Waals surface area contributed by atoms with E-state index < -0.39 is 0 Å². The summed E-state index contributed by atoms with van der Waals surface area (Å²) in [5.41, 5.74) is 5.67. The molecule has 70 valence electrons. The quantitative estimate of drug-likeness (QED) is 0.753. The number of methoxy groups -OCH3 is 1. The lowest BCUT2D eigenvalue weighted by Crippen LogP contribution is -1.90. The van der Waals surface area contributed by atoms with Crippen molar-refractivity contribution in [2.24, 2.45) is 5.73 Å². The van der Waals surface area contributed by atoms with Gasteiger partial charge in [-0.1, -0.05) is 17.8 Å². The maximum Gasteiger partial charge on any atom is 0.118 e. The van der Waals surface area contributed by atoms with Gasteiger partial charge in [-0.05, 0) is 31.2 Å². The molecule has 0 amide bonds. The van der Waals surface area contributed by atoms with Crippen molar-refractivity contribution in [2.75, 3.05) is 7.11 Å². The van der Waals surface area contributed by atoms with Crippen LogP contribution in [-0.4, -0.2) is 7.11 Å². The molecular formula is C10H13NOS. The molecule has 13 heavy (non-hydrogen) atoms. The number of nitrogens with two attached hydrogens (primary N) is 1. The van der Waals surface area contributed by atoms with E-state index in [0.29, 0.717) is 0 Å². The SMILES string of the molecule is C/C=C(\N)Sc1ccc(OC)cc1. The van der Waals surface area contributed by atoms with Crippen LogP contribution < -0.4 is 10.5 Å². The number of ether oxygens (including phenoxy) is 1. The van der Waals surface area contributed by atoms with Crippen molar-refractivity contribution in [3.63, 3.8) is 0 Å². The van der Waals surface area contributed by atoms with Gasteiger partial charge >= 0.3 is 0 Å². The van der Waals surface area contributed by atoms with Gasteiger partial charge in [0.25, 0.3) is 0 Å². The first-order valence-electron chi connectivity index (χ1n) is 4.00. The van der Waals surface area contributed by atoms with E-state index in [4.69, 9.17) is 10.5 Å². The van der Waals surface area contributed by atoms with Gasteiger partial charge in [0.05, 0.1) is 12.1 Å². The summed E-state index contributed by atoms with van der Waals surface area (Å²) >= 11 is 1.55. The van der Waals surface area contributed by atoms with Crippen LogP contribution in [0.3, 0.4) is 0 Å². The summed E-state index contributed by atoms with van der Waals surface area (Å²) in [6, 6.07) is 7.82. The van der Waals surface area contributed by atoms with Gasteiger partial charge in [0.1, 0.15) is 5.75 Å². The Hall–Kier alpha value is -1.09. The van der Waals surface area contributed by atoms with E-state index in [9.17, 15) is 0 Å². The molecule has 1 aromatic rings. The summed E-state index contributed by atoms with van der Waals surface area (Å²) in [5.74, 6) is 0.864. The first-order chi connectivity index (χ1) is 6.26. The Morgan fingerprint density at radius 1 is 1.38 bits per heavy atom. The molecule has 0 bridgehead atoms. The molecule has 0 atom stereocenters. The summed E-state index contributed by atoms with van der Waals surface area (Å²) in [7, 11) is 1.66. The van der Waals surface area contributed by atoms with Crippen LogP contribution in [0.5, 0.6) is 5.75 Å². The number of hydrogen-bond donors (Lipinski definition) is 1. The molecule has 0 aliphatic rings. The summed E-state index contributed by atoms with van der Waals surface area (Å²) < 4.78 is 5.05. The molecule has 0 unspecified atom stereocenters. The predicted molar refractivity (Wildman–Crippen MR) is 56.8 cm³/mol. The monoisotopic (exact) mass is 195 g/mol. The molecule has 2 nitrogen and oxygen atoms in total. The zero-order chi connectivity index (χ0) is 9.68. The van der Waals surface area contributed by atoms with Gasteiger partial charge < -0.3 is 10.5 Å².